The van der Waals surface area contributed by atoms with Crippen molar-refractivity contribution >= 4 is 27.5 Å². The highest BCUT2D eigenvalue weighted by Crippen LogP contribution is 2.19. The van der Waals surface area contributed by atoms with Crippen molar-refractivity contribution in [2.75, 3.05) is 30.5 Å². The van der Waals surface area contributed by atoms with Gasteiger partial charge in [-0.25, -0.2) is 8.42 Å². The van der Waals surface area contributed by atoms with E-state index in [-0.39, 0.29) is 28.7 Å². The van der Waals surface area contributed by atoms with E-state index < -0.39 is 9.84 Å². The summed E-state index contributed by atoms with van der Waals surface area (Å²) in [6.07, 6.45) is 0.506. The second kappa shape index (κ2) is 9.33. The smallest absolute Gasteiger partial charge is 0.233 e. The predicted octanol–water partition coefficient (Wildman–Crippen LogP) is 1.89. The Kier molecular flexibility index (Phi) is 7.43. The number of carbonyl (C=O) groups excluding carboxylic acids is 1. The van der Waals surface area contributed by atoms with E-state index in [1.54, 1.807) is 0 Å². The monoisotopic (exact) mass is 387 g/mol. The van der Waals surface area contributed by atoms with E-state index in [1.165, 1.54) is 11.8 Å². The van der Waals surface area contributed by atoms with Gasteiger partial charge in [0.1, 0.15) is 11.5 Å². The molecule has 1 aromatic carbocycles. The molecule has 2 atom stereocenters. The van der Waals surface area contributed by atoms with Crippen LogP contribution in [0.25, 0.3) is 0 Å². The number of hydrogen-bond acceptors (Lipinski definition) is 6. The highest BCUT2D eigenvalue weighted by molar-refractivity contribution is 8.00. The van der Waals surface area contributed by atoms with Crippen LogP contribution < -0.4 is 14.8 Å². The van der Waals surface area contributed by atoms with Crippen molar-refractivity contribution in [3.05, 3.63) is 24.3 Å². The van der Waals surface area contributed by atoms with Crippen LogP contribution in [0, 0.1) is 0 Å². The first-order valence-electron chi connectivity index (χ1n) is 8.37. The molecule has 1 N–H and O–H groups in total. The van der Waals surface area contributed by atoms with Gasteiger partial charge in [0.15, 0.2) is 9.84 Å². The lowest BCUT2D eigenvalue weighted by atomic mass is 10.2. The molecule has 2 rings (SSSR count). The summed E-state index contributed by atoms with van der Waals surface area (Å²) in [5, 5.41) is 2.57. The Labute approximate surface area is 153 Å². The zero-order valence-electron chi connectivity index (χ0n) is 14.6. The van der Waals surface area contributed by atoms with E-state index in [9.17, 15) is 13.2 Å². The Morgan fingerprint density at radius 2 is 1.92 bits per heavy atom. The SMILES string of the molecule is CCOc1ccc(OCCS[C@H](C)C(=O)N[C@@H]2CCS(=O)(=O)C2)cc1. The van der Waals surface area contributed by atoms with Gasteiger partial charge in [-0.15, -0.1) is 11.8 Å². The molecule has 1 aromatic rings. The van der Waals surface area contributed by atoms with E-state index in [4.69, 9.17) is 9.47 Å². The number of hydrogen-bond donors (Lipinski definition) is 1. The fourth-order valence-corrected chi connectivity index (χ4v) is 4.91. The van der Waals surface area contributed by atoms with Gasteiger partial charge in [0.05, 0.1) is 30.0 Å². The lowest BCUT2D eigenvalue weighted by Gasteiger charge is -2.15. The molecule has 1 aliphatic heterocycles. The number of rotatable bonds is 9. The molecular formula is C17H25NO5S2. The van der Waals surface area contributed by atoms with Crippen molar-refractivity contribution in [2.24, 2.45) is 0 Å². The van der Waals surface area contributed by atoms with Crippen LogP contribution in [-0.4, -0.2) is 56.1 Å². The molecule has 1 fully saturated rings. The van der Waals surface area contributed by atoms with Gasteiger partial charge in [0.2, 0.25) is 5.91 Å². The van der Waals surface area contributed by atoms with E-state index in [0.717, 1.165) is 11.5 Å². The van der Waals surface area contributed by atoms with Gasteiger partial charge in [-0.1, -0.05) is 0 Å². The molecule has 0 aromatic heterocycles. The number of benzene rings is 1. The molecule has 0 bridgehead atoms. The molecule has 1 saturated heterocycles. The average molecular weight is 388 g/mol. The molecule has 140 valence electrons. The van der Waals surface area contributed by atoms with Gasteiger partial charge in [-0.3, -0.25) is 4.79 Å². The summed E-state index contributed by atoms with van der Waals surface area (Å²) in [6.45, 7) is 4.88. The third kappa shape index (κ3) is 6.78. The van der Waals surface area contributed by atoms with Gasteiger partial charge < -0.3 is 14.8 Å². The Morgan fingerprint density at radius 1 is 1.28 bits per heavy atom. The van der Waals surface area contributed by atoms with Crippen molar-refractivity contribution in [1.82, 2.24) is 5.32 Å². The standard InChI is InChI=1S/C17H25NO5S2/c1-3-22-15-4-6-16(7-5-15)23-9-10-24-13(2)17(19)18-14-8-11-25(20,21)12-14/h4-7,13-14H,3,8-12H2,1-2H3,(H,18,19)/t13-,14-/m1/s1. The number of carbonyl (C=O) groups is 1. The summed E-state index contributed by atoms with van der Waals surface area (Å²) in [7, 11) is -2.98. The summed E-state index contributed by atoms with van der Waals surface area (Å²) in [5.74, 6) is 2.34. The zero-order valence-corrected chi connectivity index (χ0v) is 16.2. The molecule has 0 spiro atoms. The molecular weight excluding hydrogens is 362 g/mol. The minimum atomic E-state index is -2.98. The number of thioether (sulfide) groups is 1. The van der Waals surface area contributed by atoms with Crippen LogP contribution in [0.5, 0.6) is 11.5 Å². The minimum Gasteiger partial charge on any atom is -0.494 e. The van der Waals surface area contributed by atoms with Gasteiger partial charge >= 0.3 is 0 Å². The van der Waals surface area contributed by atoms with Crippen LogP contribution in [0.3, 0.4) is 0 Å². The summed E-state index contributed by atoms with van der Waals surface area (Å²) >= 11 is 1.49. The minimum absolute atomic E-state index is 0.0526. The molecule has 0 saturated carbocycles. The van der Waals surface area contributed by atoms with Crippen LogP contribution in [0.1, 0.15) is 20.3 Å². The molecule has 6 nitrogen and oxygen atoms in total. The van der Waals surface area contributed by atoms with E-state index in [2.05, 4.69) is 5.32 Å². The Morgan fingerprint density at radius 3 is 2.48 bits per heavy atom. The molecule has 0 radical (unpaired) electrons. The number of nitrogens with one attached hydrogen (secondary N) is 1. The summed E-state index contributed by atoms with van der Waals surface area (Å²) in [5.41, 5.74) is 0. The van der Waals surface area contributed by atoms with E-state index in [1.807, 2.05) is 38.1 Å². The normalized spacial score (nSPS) is 20.0. The fourth-order valence-electron chi connectivity index (χ4n) is 2.49. The van der Waals surface area contributed by atoms with Gasteiger partial charge in [-0.05, 0) is 44.5 Å². The maximum atomic E-state index is 12.1. The molecule has 0 unspecified atom stereocenters. The second-order valence-electron chi connectivity index (χ2n) is 5.87. The maximum absolute atomic E-state index is 12.1. The molecule has 25 heavy (non-hydrogen) atoms. The van der Waals surface area contributed by atoms with Crippen LogP contribution in [0.2, 0.25) is 0 Å². The Hall–Kier alpha value is -1.41. The number of sulfone groups is 1. The number of ether oxygens (including phenoxy) is 2. The van der Waals surface area contributed by atoms with E-state index in [0.29, 0.717) is 25.4 Å². The van der Waals surface area contributed by atoms with Gasteiger partial charge in [0, 0.05) is 11.8 Å². The Bertz CT molecular complexity index is 660. The van der Waals surface area contributed by atoms with E-state index >= 15 is 0 Å². The highest BCUT2D eigenvalue weighted by atomic mass is 32.2. The third-order valence-electron chi connectivity index (χ3n) is 3.80. The zero-order chi connectivity index (χ0) is 18.3. The predicted molar refractivity (Wildman–Crippen MR) is 100 cm³/mol. The summed E-state index contributed by atoms with van der Waals surface area (Å²) in [6, 6.07) is 7.18. The Balaban J connectivity index is 1.64. The average Bonchev–Trinajstić information content (AvgIpc) is 2.91. The van der Waals surface area contributed by atoms with Gasteiger partial charge in [-0.2, -0.15) is 0 Å². The summed E-state index contributed by atoms with van der Waals surface area (Å²) < 4.78 is 33.8. The number of amides is 1. The lowest BCUT2D eigenvalue weighted by Crippen LogP contribution is -2.40. The first-order valence-corrected chi connectivity index (χ1v) is 11.2. The molecule has 8 heteroatoms. The van der Waals surface area contributed by atoms with Crippen LogP contribution >= 0.6 is 11.8 Å². The van der Waals surface area contributed by atoms with Crippen molar-refractivity contribution in [2.45, 2.75) is 31.6 Å². The summed E-state index contributed by atoms with van der Waals surface area (Å²) in [4.78, 5) is 12.1. The van der Waals surface area contributed by atoms with Crippen LogP contribution in [0.15, 0.2) is 24.3 Å². The first kappa shape index (κ1) is 19.9. The van der Waals surface area contributed by atoms with Crippen LogP contribution in [-0.2, 0) is 14.6 Å². The third-order valence-corrected chi connectivity index (χ3v) is 6.69. The van der Waals surface area contributed by atoms with Crippen molar-refractivity contribution < 1.29 is 22.7 Å². The fraction of sp³-hybridized carbons (Fsp3) is 0.588. The topological polar surface area (TPSA) is 81.7 Å². The first-order chi connectivity index (χ1) is 11.9. The largest absolute Gasteiger partial charge is 0.494 e. The van der Waals surface area contributed by atoms with Crippen molar-refractivity contribution in [3.8, 4) is 11.5 Å². The van der Waals surface area contributed by atoms with Crippen LogP contribution in [0.4, 0.5) is 0 Å². The highest BCUT2D eigenvalue weighted by Gasteiger charge is 2.29. The molecule has 1 heterocycles. The van der Waals surface area contributed by atoms with Crippen molar-refractivity contribution in [3.63, 3.8) is 0 Å². The lowest BCUT2D eigenvalue weighted by molar-refractivity contribution is -0.120. The second-order valence-corrected chi connectivity index (χ2v) is 9.55. The molecule has 1 amide bonds. The van der Waals surface area contributed by atoms with Gasteiger partial charge in [0.25, 0.3) is 0 Å². The maximum Gasteiger partial charge on any atom is 0.233 e. The van der Waals surface area contributed by atoms with Crippen molar-refractivity contribution in [1.29, 1.82) is 0 Å². The molecule has 0 aliphatic carbocycles. The molecule has 1 aliphatic rings. The quantitative estimate of drug-likeness (QED) is 0.652.